The van der Waals surface area contributed by atoms with Crippen LogP contribution in [-0.2, 0) is 23.5 Å². The second-order valence-corrected chi connectivity index (χ2v) is 8.44. The van der Waals surface area contributed by atoms with Crippen molar-refractivity contribution >= 4 is 27.5 Å². The summed E-state index contributed by atoms with van der Waals surface area (Å²) in [6, 6.07) is 24.5. The molecule has 0 fully saturated rings. The highest BCUT2D eigenvalue weighted by Crippen LogP contribution is 2.45. The Kier molecular flexibility index (Phi) is 4.92. The summed E-state index contributed by atoms with van der Waals surface area (Å²) in [5, 5.41) is 20.1. The summed E-state index contributed by atoms with van der Waals surface area (Å²) < 4.78 is 2.54. The minimum absolute atomic E-state index is 0.220. The van der Waals surface area contributed by atoms with Crippen molar-refractivity contribution in [1.29, 1.82) is 0 Å². The summed E-state index contributed by atoms with van der Waals surface area (Å²) in [6.45, 7) is 0.816. The lowest BCUT2D eigenvalue weighted by atomic mass is 9.87. The van der Waals surface area contributed by atoms with Gasteiger partial charge in [-0.1, -0.05) is 81.8 Å². The largest absolute Gasteiger partial charge is 0.372 e. The third kappa shape index (κ3) is 3.45. The van der Waals surface area contributed by atoms with Crippen molar-refractivity contribution in [2.24, 2.45) is 0 Å². The molecule has 1 aliphatic heterocycles. The molecule has 0 aliphatic carbocycles. The van der Waals surface area contributed by atoms with E-state index in [-0.39, 0.29) is 6.54 Å². The lowest BCUT2D eigenvalue weighted by Gasteiger charge is -2.23. The molecule has 1 amide bonds. The number of nitrogens with zero attached hydrogens (tertiary/aromatic N) is 4. The van der Waals surface area contributed by atoms with Gasteiger partial charge in [-0.3, -0.25) is 4.79 Å². The van der Waals surface area contributed by atoms with Gasteiger partial charge in [-0.15, -0.1) is 5.10 Å². The van der Waals surface area contributed by atoms with Crippen molar-refractivity contribution in [3.8, 4) is 0 Å². The molecule has 154 valence electrons. The van der Waals surface area contributed by atoms with Gasteiger partial charge in [0.15, 0.2) is 5.60 Å². The van der Waals surface area contributed by atoms with E-state index in [1.165, 1.54) is 0 Å². The van der Waals surface area contributed by atoms with Gasteiger partial charge in [0.05, 0.1) is 25.0 Å². The Bertz CT molecular complexity index is 1240. The number of halogens is 1. The summed E-state index contributed by atoms with van der Waals surface area (Å²) >= 11 is 3.46. The van der Waals surface area contributed by atoms with Crippen molar-refractivity contribution in [3.63, 3.8) is 0 Å². The molecule has 3 aromatic carbocycles. The van der Waals surface area contributed by atoms with Crippen molar-refractivity contribution in [2.75, 3.05) is 4.90 Å². The van der Waals surface area contributed by atoms with Crippen LogP contribution in [0.5, 0.6) is 0 Å². The predicted molar refractivity (Wildman–Crippen MR) is 120 cm³/mol. The summed E-state index contributed by atoms with van der Waals surface area (Å²) in [5.74, 6) is -0.399. The van der Waals surface area contributed by atoms with E-state index in [9.17, 15) is 9.90 Å². The monoisotopic (exact) mass is 474 g/mol. The fourth-order valence-electron chi connectivity index (χ4n) is 3.99. The first-order valence-corrected chi connectivity index (χ1v) is 10.7. The topological polar surface area (TPSA) is 71.2 Å². The van der Waals surface area contributed by atoms with Gasteiger partial charge in [0.25, 0.3) is 5.91 Å². The van der Waals surface area contributed by atoms with Crippen LogP contribution in [0.4, 0.5) is 5.69 Å². The fraction of sp³-hybridized carbons (Fsp3) is 0.125. The number of aliphatic hydroxyl groups is 1. The molecule has 0 spiro atoms. The van der Waals surface area contributed by atoms with Crippen molar-refractivity contribution < 1.29 is 9.90 Å². The highest BCUT2D eigenvalue weighted by Gasteiger charge is 2.51. The fourth-order valence-corrected chi connectivity index (χ4v) is 4.35. The van der Waals surface area contributed by atoms with E-state index < -0.39 is 11.5 Å². The normalized spacial score (nSPS) is 17.7. The maximum Gasteiger partial charge on any atom is 0.268 e. The van der Waals surface area contributed by atoms with E-state index in [0.717, 1.165) is 10.0 Å². The summed E-state index contributed by atoms with van der Waals surface area (Å²) in [6.07, 6.45) is 1.83. The molecular formula is C24H19BrN4O2. The van der Waals surface area contributed by atoms with Gasteiger partial charge in [-0.25, -0.2) is 4.68 Å². The summed E-state index contributed by atoms with van der Waals surface area (Å²) in [4.78, 5) is 15.1. The first kappa shape index (κ1) is 19.7. The van der Waals surface area contributed by atoms with E-state index >= 15 is 0 Å². The first-order chi connectivity index (χ1) is 15.1. The third-order valence-corrected chi connectivity index (χ3v) is 5.97. The van der Waals surface area contributed by atoms with Gasteiger partial charge in [0.2, 0.25) is 0 Å². The van der Waals surface area contributed by atoms with Crippen LogP contribution in [0.1, 0.15) is 22.4 Å². The molecule has 6 nitrogen and oxygen atoms in total. The maximum absolute atomic E-state index is 13.5. The predicted octanol–water partition coefficient (Wildman–Crippen LogP) is 3.87. The molecule has 2 heterocycles. The Labute approximate surface area is 187 Å². The van der Waals surface area contributed by atoms with E-state index in [1.54, 1.807) is 27.8 Å². The van der Waals surface area contributed by atoms with Crippen molar-refractivity contribution in [2.45, 2.75) is 18.7 Å². The van der Waals surface area contributed by atoms with Crippen LogP contribution >= 0.6 is 15.9 Å². The lowest BCUT2D eigenvalue weighted by molar-refractivity contribution is -0.132. The zero-order chi connectivity index (χ0) is 21.4. The van der Waals surface area contributed by atoms with Crippen LogP contribution in [-0.4, -0.2) is 26.0 Å². The maximum atomic E-state index is 13.5. The number of aromatic nitrogens is 3. The zero-order valence-corrected chi connectivity index (χ0v) is 18.1. The molecular weight excluding hydrogens is 456 g/mol. The molecule has 0 saturated carbocycles. The number of hydrogen-bond donors (Lipinski definition) is 1. The SMILES string of the molecule is O=C1N(Cc2cn(Cc3ccccc3)nn2)c2ccc(Br)cc2[C@]1(O)c1ccccc1. The molecule has 1 aromatic heterocycles. The Balaban J connectivity index is 1.48. The smallest absolute Gasteiger partial charge is 0.268 e. The van der Waals surface area contributed by atoms with E-state index in [2.05, 4.69) is 26.2 Å². The second-order valence-electron chi connectivity index (χ2n) is 7.52. The van der Waals surface area contributed by atoms with Crippen LogP contribution in [0, 0.1) is 0 Å². The molecule has 1 atom stereocenters. The van der Waals surface area contributed by atoms with Crippen LogP contribution in [0.15, 0.2) is 89.5 Å². The lowest BCUT2D eigenvalue weighted by Crippen LogP contribution is -2.40. The Hall–Kier alpha value is -3.29. The molecule has 31 heavy (non-hydrogen) atoms. The minimum Gasteiger partial charge on any atom is -0.372 e. The minimum atomic E-state index is -1.75. The van der Waals surface area contributed by atoms with Crippen LogP contribution < -0.4 is 4.90 Å². The summed E-state index contributed by atoms with van der Waals surface area (Å²) in [7, 11) is 0. The molecule has 1 aliphatic rings. The average molecular weight is 475 g/mol. The standard InChI is InChI=1S/C24H19BrN4O2/c25-19-11-12-22-21(13-19)24(31,18-9-5-2-6-10-18)23(30)29(22)16-20-15-28(27-26-20)14-17-7-3-1-4-8-17/h1-13,15,31H,14,16H2/t24-/m1/s1. The van der Waals surface area contributed by atoms with Gasteiger partial charge in [-0.2, -0.15) is 0 Å². The van der Waals surface area contributed by atoms with Gasteiger partial charge >= 0.3 is 0 Å². The summed E-state index contributed by atoms with van der Waals surface area (Å²) in [5.41, 5.74) is 1.77. The molecule has 7 heteroatoms. The van der Waals surface area contributed by atoms with E-state index in [4.69, 9.17) is 0 Å². The number of amides is 1. The molecule has 4 aromatic rings. The third-order valence-electron chi connectivity index (χ3n) is 5.48. The second kappa shape index (κ2) is 7.76. The Morgan fingerprint density at radius 3 is 2.39 bits per heavy atom. The van der Waals surface area contributed by atoms with Gasteiger partial charge < -0.3 is 10.0 Å². The Morgan fingerprint density at radius 2 is 1.65 bits per heavy atom. The van der Waals surface area contributed by atoms with E-state index in [0.29, 0.717) is 29.1 Å². The number of rotatable bonds is 5. The number of benzene rings is 3. The van der Waals surface area contributed by atoms with Crippen LogP contribution in [0.2, 0.25) is 0 Å². The molecule has 0 saturated heterocycles. The van der Waals surface area contributed by atoms with E-state index in [1.807, 2.05) is 66.9 Å². The first-order valence-electron chi connectivity index (χ1n) is 9.88. The zero-order valence-electron chi connectivity index (χ0n) is 16.5. The molecule has 0 bridgehead atoms. The average Bonchev–Trinajstić information content (AvgIpc) is 3.32. The quantitative estimate of drug-likeness (QED) is 0.476. The van der Waals surface area contributed by atoms with Crippen LogP contribution in [0.3, 0.4) is 0 Å². The van der Waals surface area contributed by atoms with Gasteiger partial charge in [-0.05, 0) is 29.3 Å². The van der Waals surface area contributed by atoms with Crippen molar-refractivity contribution in [1.82, 2.24) is 15.0 Å². The highest BCUT2D eigenvalue weighted by molar-refractivity contribution is 9.10. The number of fused-ring (bicyclic) bond motifs is 1. The van der Waals surface area contributed by atoms with Gasteiger partial charge in [0, 0.05) is 10.0 Å². The molecule has 1 N–H and O–H groups in total. The number of anilines is 1. The Morgan fingerprint density at radius 1 is 0.935 bits per heavy atom. The number of hydrogen-bond acceptors (Lipinski definition) is 4. The van der Waals surface area contributed by atoms with Crippen molar-refractivity contribution in [3.05, 3.63) is 112 Å². The number of carbonyl (C=O) groups excluding carboxylic acids is 1. The molecule has 0 radical (unpaired) electrons. The molecule has 5 rings (SSSR count). The van der Waals surface area contributed by atoms with Gasteiger partial charge in [0.1, 0.15) is 5.69 Å². The molecule has 0 unspecified atom stereocenters. The van der Waals surface area contributed by atoms with Crippen LogP contribution in [0.25, 0.3) is 0 Å². The number of carbonyl (C=O) groups is 1. The highest BCUT2D eigenvalue weighted by atomic mass is 79.9.